The summed E-state index contributed by atoms with van der Waals surface area (Å²) in [5.74, 6) is 0.512. The van der Waals surface area contributed by atoms with Crippen molar-refractivity contribution in [3.05, 3.63) is 15.8 Å². The van der Waals surface area contributed by atoms with Crippen molar-refractivity contribution in [2.24, 2.45) is 7.05 Å². The first-order valence-electron chi connectivity index (χ1n) is 7.11. The zero-order valence-electron chi connectivity index (χ0n) is 12.3. The van der Waals surface area contributed by atoms with Crippen LogP contribution >= 0.6 is 0 Å². The van der Waals surface area contributed by atoms with E-state index in [1.807, 2.05) is 13.8 Å². The molecule has 0 aliphatic carbocycles. The van der Waals surface area contributed by atoms with Gasteiger partial charge in [0.25, 0.3) is 0 Å². The fourth-order valence-electron chi connectivity index (χ4n) is 2.65. The quantitative estimate of drug-likeness (QED) is 0.661. The molecule has 1 aliphatic heterocycles. The molecule has 20 heavy (non-hydrogen) atoms. The topological polar surface area (TPSA) is 82.2 Å². The molecule has 2 unspecified atom stereocenters. The van der Waals surface area contributed by atoms with E-state index < -0.39 is 0 Å². The van der Waals surface area contributed by atoms with Gasteiger partial charge < -0.3 is 10.1 Å². The third-order valence-corrected chi connectivity index (χ3v) is 3.59. The Balaban J connectivity index is 2.23. The highest BCUT2D eigenvalue weighted by molar-refractivity contribution is 5.60. The van der Waals surface area contributed by atoms with E-state index in [0.29, 0.717) is 24.5 Å². The molecular weight excluding hydrogens is 260 g/mol. The molecule has 0 spiro atoms. The minimum atomic E-state index is -0.330. The van der Waals surface area contributed by atoms with E-state index in [1.165, 1.54) is 0 Å². The smallest absolute Gasteiger partial charge is 0.333 e. The van der Waals surface area contributed by atoms with Gasteiger partial charge in [0.05, 0.1) is 11.0 Å². The Morgan fingerprint density at radius 1 is 1.60 bits per heavy atom. The number of aryl methyl sites for hydroxylation is 2. The summed E-state index contributed by atoms with van der Waals surface area (Å²) in [4.78, 5) is 11.0. The maximum atomic E-state index is 11.3. The van der Waals surface area contributed by atoms with Crippen LogP contribution in [0.25, 0.3) is 0 Å². The van der Waals surface area contributed by atoms with Gasteiger partial charge in [-0.15, -0.1) is 0 Å². The van der Waals surface area contributed by atoms with Gasteiger partial charge in [-0.3, -0.25) is 10.1 Å². The molecule has 1 aromatic rings. The van der Waals surface area contributed by atoms with E-state index in [4.69, 9.17) is 4.74 Å². The molecule has 2 heterocycles. The van der Waals surface area contributed by atoms with Crippen molar-refractivity contribution in [3.8, 4) is 0 Å². The molecule has 1 fully saturated rings. The van der Waals surface area contributed by atoms with E-state index in [0.717, 1.165) is 19.3 Å². The number of ether oxygens (including phenoxy) is 1. The van der Waals surface area contributed by atoms with Crippen LogP contribution in [-0.2, 0) is 18.2 Å². The van der Waals surface area contributed by atoms with E-state index in [2.05, 4.69) is 10.4 Å². The van der Waals surface area contributed by atoms with E-state index in [1.54, 1.807) is 11.7 Å². The van der Waals surface area contributed by atoms with Crippen molar-refractivity contribution in [2.75, 3.05) is 11.9 Å². The lowest BCUT2D eigenvalue weighted by atomic mass is 10.0. The van der Waals surface area contributed by atoms with Crippen LogP contribution in [0.3, 0.4) is 0 Å². The molecule has 1 aromatic heterocycles. The number of nitro groups is 1. The van der Waals surface area contributed by atoms with Crippen molar-refractivity contribution in [2.45, 2.75) is 51.7 Å². The number of rotatable bonds is 5. The molecule has 7 nitrogen and oxygen atoms in total. The van der Waals surface area contributed by atoms with Crippen LogP contribution in [0.2, 0.25) is 0 Å². The van der Waals surface area contributed by atoms with Gasteiger partial charge in [-0.25, -0.2) is 4.68 Å². The van der Waals surface area contributed by atoms with Gasteiger partial charge in [0, 0.05) is 19.7 Å². The van der Waals surface area contributed by atoms with Crippen molar-refractivity contribution in [1.82, 2.24) is 9.78 Å². The van der Waals surface area contributed by atoms with Gasteiger partial charge in [-0.05, 0) is 26.2 Å². The van der Waals surface area contributed by atoms with Crippen LogP contribution in [-0.4, -0.2) is 33.5 Å². The first kappa shape index (κ1) is 14.8. The molecule has 2 atom stereocenters. The SMILES string of the molecule is CCCc1nn(C)c(NC2CCOC(C)C2)c1[N+](=O)[O-]. The summed E-state index contributed by atoms with van der Waals surface area (Å²) in [6.07, 6.45) is 3.35. The Hall–Kier alpha value is -1.63. The first-order valence-corrected chi connectivity index (χ1v) is 7.11. The Labute approximate surface area is 118 Å². The molecular formula is C13H22N4O3. The summed E-state index contributed by atoms with van der Waals surface area (Å²) >= 11 is 0. The third kappa shape index (κ3) is 3.09. The third-order valence-electron chi connectivity index (χ3n) is 3.59. The number of hydrogen-bond acceptors (Lipinski definition) is 5. The lowest BCUT2D eigenvalue weighted by molar-refractivity contribution is -0.384. The second kappa shape index (κ2) is 6.21. The maximum Gasteiger partial charge on any atom is 0.333 e. The Kier molecular flexibility index (Phi) is 4.59. The Morgan fingerprint density at radius 2 is 2.35 bits per heavy atom. The monoisotopic (exact) mass is 282 g/mol. The standard InChI is InChI=1S/C13H22N4O3/c1-4-5-11-12(17(18)19)13(16(3)15-11)14-10-6-7-20-9(2)8-10/h9-10,14H,4-8H2,1-3H3. The summed E-state index contributed by atoms with van der Waals surface area (Å²) in [5.41, 5.74) is 0.677. The number of aromatic nitrogens is 2. The van der Waals surface area contributed by atoms with Crippen LogP contribution < -0.4 is 5.32 Å². The molecule has 0 radical (unpaired) electrons. The average Bonchev–Trinajstić information content (AvgIpc) is 2.66. The summed E-state index contributed by atoms with van der Waals surface area (Å²) in [6.45, 7) is 4.70. The number of nitrogens with one attached hydrogen (secondary N) is 1. The molecule has 1 aliphatic rings. The van der Waals surface area contributed by atoms with E-state index in [9.17, 15) is 10.1 Å². The number of anilines is 1. The van der Waals surface area contributed by atoms with Gasteiger partial charge in [-0.2, -0.15) is 5.10 Å². The molecule has 1 saturated heterocycles. The van der Waals surface area contributed by atoms with Gasteiger partial charge in [0.1, 0.15) is 5.69 Å². The highest BCUT2D eigenvalue weighted by atomic mass is 16.6. The fraction of sp³-hybridized carbons (Fsp3) is 0.769. The van der Waals surface area contributed by atoms with Crippen LogP contribution in [0.15, 0.2) is 0 Å². The maximum absolute atomic E-state index is 11.3. The van der Waals surface area contributed by atoms with Crippen molar-refractivity contribution in [3.63, 3.8) is 0 Å². The molecule has 0 amide bonds. The summed E-state index contributed by atoms with van der Waals surface area (Å²) in [5, 5.41) is 18.9. The number of hydrogen-bond donors (Lipinski definition) is 1. The molecule has 1 N–H and O–H groups in total. The molecule has 7 heteroatoms. The van der Waals surface area contributed by atoms with Crippen LogP contribution in [0, 0.1) is 10.1 Å². The fourth-order valence-corrected chi connectivity index (χ4v) is 2.65. The predicted molar refractivity (Wildman–Crippen MR) is 75.9 cm³/mol. The molecule has 2 rings (SSSR count). The molecule has 0 bridgehead atoms. The zero-order chi connectivity index (χ0) is 14.7. The second-order valence-electron chi connectivity index (χ2n) is 5.32. The van der Waals surface area contributed by atoms with Crippen LogP contribution in [0.1, 0.15) is 38.8 Å². The largest absolute Gasteiger partial charge is 0.378 e. The van der Waals surface area contributed by atoms with Gasteiger partial charge in [-0.1, -0.05) is 13.3 Å². The highest BCUT2D eigenvalue weighted by Gasteiger charge is 2.29. The van der Waals surface area contributed by atoms with Crippen molar-refractivity contribution in [1.29, 1.82) is 0 Å². The van der Waals surface area contributed by atoms with Crippen LogP contribution in [0.4, 0.5) is 11.5 Å². The van der Waals surface area contributed by atoms with Crippen LogP contribution in [0.5, 0.6) is 0 Å². The predicted octanol–water partition coefficient (Wildman–Crippen LogP) is 2.26. The molecule has 112 valence electrons. The number of nitrogens with zero attached hydrogens (tertiary/aromatic N) is 3. The Morgan fingerprint density at radius 3 is 2.95 bits per heavy atom. The van der Waals surface area contributed by atoms with E-state index in [-0.39, 0.29) is 22.8 Å². The lowest BCUT2D eigenvalue weighted by Crippen LogP contribution is -2.33. The molecule has 0 saturated carbocycles. The van der Waals surface area contributed by atoms with Gasteiger partial charge in [0.2, 0.25) is 5.82 Å². The lowest BCUT2D eigenvalue weighted by Gasteiger charge is -2.28. The average molecular weight is 282 g/mol. The summed E-state index contributed by atoms with van der Waals surface area (Å²) in [7, 11) is 1.75. The Bertz CT molecular complexity index is 486. The van der Waals surface area contributed by atoms with Crippen molar-refractivity contribution >= 4 is 11.5 Å². The van der Waals surface area contributed by atoms with Gasteiger partial charge in [0.15, 0.2) is 0 Å². The second-order valence-corrected chi connectivity index (χ2v) is 5.32. The van der Waals surface area contributed by atoms with Gasteiger partial charge >= 0.3 is 5.69 Å². The normalized spacial score (nSPS) is 22.8. The zero-order valence-corrected chi connectivity index (χ0v) is 12.3. The highest BCUT2D eigenvalue weighted by Crippen LogP contribution is 2.31. The first-order chi connectivity index (χ1) is 9.52. The minimum absolute atomic E-state index is 0.119. The van der Waals surface area contributed by atoms with Crippen molar-refractivity contribution < 1.29 is 9.66 Å². The summed E-state index contributed by atoms with van der Waals surface area (Å²) < 4.78 is 7.09. The summed E-state index contributed by atoms with van der Waals surface area (Å²) in [6, 6.07) is 0.197. The van der Waals surface area contributed by atoms with E-state index >= 15 is 0 Å². The minimum Gasteiger partial charge on any atom is -0.378 e. The molecule has 0 aromatic carbocycles.